The van der Waals surface area contributed by atoms with Gasteiger partial charge in [0, 0.05) is 23.3 Å². The third-order valence-electron chi connectivity index (χ3n) is 4.92. The maximum atomic E-state index is 12.5. The minimum absolute atomic E-state index is 0.0340. The molecule has 122 valence electrons. The maximum absolute atomic E-state index is 12.5. The summed E-state index contributed by atoms with van der Waals surface area (Å²) in [6.45, 7) is 6.33. The minimum atomic E-state index is -0.141. The summed E-state index contributed by atoms with van der Waals surface area (Å²) in [6, 6.07) is 0. The van der Waals surface area contributed by atoms with E-state index < -0.39 is 0 Å². The number of ketones is 1. The number of rotatable bonds is 4. The van der Waals surface area contributed by atoms with Crippen LogP contribution in [0.3, 0.4) is 0 Å². The zero-order valence-corrected chi connectivity index (χ0v) is 13.7. The fraction of sp³-hybridized carbons (Fsp3) is 0.500. The molecule has 0 radical (unpaired) electrons. The van der Waals surface area contributed by atoms with Gasteiger partial charge >= 0.3 is 5.97 Å². The molecule has 0 bridgehead atoms. The van der Waals surface area contributed by atoms with Crippen molar-refractivity contribution in [3.63, 3.8) is 0 Å². The lowest BCUT2D eigenvalue weighted by atomic mass is 9.74. The quantitative estimate of drug-likeness (QED) is 0.746. The number of allylic oxidation sites excluding steroid dienone is 3. The van der Waals surface area contributed by atoms with Gasteiger partial charge in [-0.05, 0) is 51.7 Å². The third-order valence-corrected chi connectivity index (χ3v) is 4.92. The first-order valence-electron chi connectivity index (χ1n) is 8.07. The molecular weight excluding hydrogens is 294 g/mol. The van der Waals surface area contributed by atoms with E-state index in [2.05, 4.69) is 0 Å². The summed E-state index contributed by atoms with van der Waals surface area (Å²) in [6.07, 6.45) is 4.74. The van der Waals surface area contributed by atoms with Gasteiger partial charge < -0.3 is 9.64 Å². The van der Waals surface area contributed by atoms with E-state index >= 15 is 0 Å². The van der Waals surface area contributed by atoms with Gasteiger partial charge in [0.1, 0.15) is 0 Å². The molecule has 0 saturated heterocycles. The van der Waals surface area contributed by atoms with E-state index in [-0.39, 0.29) is 29.5 Å². The molecule has 0 unspecified atom stereocenters. The monoisotopic (exact) mass is 315 g/mol. The minimum Gasteiger partial charge on any atom is -0.466 e. The second-order valence-electron chi connectivity index (χ2n) is 6.41. The molecule has 3 aliphatic rings. The van der Waals surface area contributed by atoms with Crippen molar-refractivity contribution in [2.45, 2.75) is 33.6 Å². The van der Waals surface area contributed by atoms with Crippen LogP contribution < -0.4 is 0 Å². The highest BCUT2D eigenvalue weighted by Crippen LogP contribution is 2.40. The van der Waals surface area contributed by atoms with Crippen LogP contribution in [0.15, 0.2) is 34.6 Å². The van der Waals surface area contributed by atoms with E-state index in [1.54, 1.807) is 31.7 Å². The number of nitrogens with zero attached hydrogens (tertiary/aromatic N) is 1. The molecule has 2 aliphatic carbocycles. The Labute approximate surface area is 135 Å². The molecular formula is C18H21NO4. The summed E-state index contributed by atoms with van der Waals surface area (Å²) in [5.41, 5.74) is 2.91. The van der Waals surface area contributed by atoms with Crippen LogP contribution in [-0.2, 0) is 19.1 Å². The summed E-state index contributed by atoms with van der Waals surface area (Å²) < 4.78 is 5.03. The molecule has 0 spiro atoms. The lowest BCUT2D eigenvalue weighted by Gasteiger charge is -2.37. The van der Waals surface area contributed by atoms with Gasteiger partial charge in [-0.2, -0.15) is 0 Å². The lowest BCUT2D eigenvalue weighted by Crippen LogP contribution is -2.40. The standard InChI is InChI=1S/C18H21NO4/c1-4-23-18(22)13-7-12(8-13)9-19-16-11(3)15(20)6-5-14(16)10(2)17(19)21/h5-6,12-13H,4,7-9H2,1-3H3. The first-order valence-corrected chi connectivity index (χ1v) is 8.07. The third kappa shape index (κ3) is 2.54. The van der Waals surface area contributed by atoms with Gasteiger partial charge in [0.25, 0.3) is 5.91 Å². The molecule has 1 aliphatic heterocycles. The second-order valence-corrected chi connectivity index (χ2v) is 6.41. The van der Waals surface area contributed by atoms with Crippen LogP contribution in [0.25, 0.3) is 0 Å². The molecule has 1 saturated carbocycles. The Bertz CT molecular complexity index is 677. The number of hydrogen-bond donors (Lipinski definition) is 0. The van der Waals surface area contributed by atoms with Gasteiger partial charge in [0.05, 0.1) is 18.2 Å². The van der Waals surface area contributed by atoms with Crippen LogP contribution in [0.1, 0.15) is 33.6 Å². The zero-order chi connectivity index (χ0) is 16.7. The highest BCUT2D eigenvalue weighted by atomic mass is 16.5. The summed E-state index contributed by atoms with van der Waals surface area (Å²) in [4.78, 5) is 37.8. The molecule has 1 heterocycles. The van der Waals surface area contributed by atoms with Crippen LogP contribution in [0.4, 0.5) is 0 Å². The summed E-state index contributed by atoms with van der Waals surface area (Å²) in [5.74, 6) is 0.0103. The van der Waals surface area contributed by atoms with Crippen molar-refractivity contribution >= 4 is 17.7 Å². The normalized spacial score (nSPS) is 26.7. The molecule has 3 rings (SSSR count). The first kappa shape index (κ1) is 15.7. The number of amides is 1. The van der Waals surface area contributed by atoms with Crippen molar-refractivity contribution in [3.05, 3.63) is 34.6 Å². The Morgan fingerprint density at radius 2 is 1.91 bits per heavy atom. The van der Waals surface area contributed by atoms with E-state index in [4.69, 9.17) is 4.74 Å². The summed E-state index contributed by atoms with van der Waals surface area (Å²) in [5, 5.41) is 0. The molecule has 0 aromatic carbocycles. The fourth-order valence-corrected chi connectivity index (χ4v) is 3.52. The van der Waals surface area contributed by atoms with E-state index in [9.17, 15) is 14.4 Å². The van der Waals surface area contributed by atoms with Gasteiger partial charge in [-0.1, -0.05) is 0 Å². The summed E-state index contributed by atoms with van der Waals surface area (Å²) >= 11 is 0. The number of hydrogen-bond acceptors (Lipinski definition) is 4. The van der Waals surface area contributed by atoms with Crippen molar-refractivity contribution in [1.82, 2.24) is 4.90 Å². The number of fused-ring (bicyclic) bond motifs is 1. The first-order chi connectivity index (χ1) is 10.9. The highest BCUT2D eigenvalue weighted by Gasteiger charge is 2.41. The lowest BCUT2D eigenvalue weighted by molar-refractivity contribution is -0.153. The molecule has 5 nitrogen and oxygen atoms in total. The van der Waals surface area contributed by atoms with Crippen LogP contribution in [0.5, 0.6) is 0 Å². The average Bonchev–Trinajstić information content (AvgIpc) is 2.71. The second kappa shape index (κ2) is 5.80. The zero-order valence-electron chi connectivity index (χ0n) is 13.7. The number of ether oxygens (including phenoxy) is 1. The Morgan fingerprint density at radius 1 is 1.22 bits per heavy atom. The van der Waals surface area contributed by atoms with Crippen LogP contribution in [-0.4, -0.2) is 35.7 Å². The molecule has 5 heteroatoms. The van der Waals surface area contributed by atoms with Gasteiger partial charge in [0.15, 0.2) is 5.78 Å². The molecule has 23 heavy (non-hydrogen) atoms. The molecule has 1 amide bonds. The summed E-state index contributed by atoms with van der Waals surface area (Å²) in [7, 11) is 0. The van der Waals surface area contributed by atoms with E-state index in [1.165, 1.54) is 6.08 Å². The van der Waals surface area contributed by atoms with Crippen LogP contribution in [0.2, 0.25) is 0 Å². The fourth-order valence-electron chi connectivity index (χ4n) is 3.52. The Hall–Kier alpha value is -2.17. The Balaban J connectivity index is 1.71. The van der Waals surface area contributed by atoms with E-state index in [1.807, 2.05) is 0 Å². The molecule has 0 aromatic rings. The Kier molecular flexibility index (Phi) is 3.96. The van der Waals surface area contributed by atoms with Crippen molar-refractivity contribution in [2.24, 2.45) is 11.8 Å². The van der Waals surface area contributed by atoms with Crippen LogP contribution >= 0.6 is 0 Å². The number of esters is 1. The maximum Gasteiger partial charge on any atom is 0.308 e. The largest absolute Gasteiger partial charge is 0.466 e. The van der Waals surface area contributed by atoms with Crippen molar-refractivity contribution in [1.29, 1.82) is 0 Å². The van der Waals surface area contributed by atoms with Gasteiger partial charge in [0.2, 0.25) is 0 Å². The number of carbonyl (C=O) groups is 3. The molecule has 0 aromatic heterocycles. The van der Waals surface area contributed by atoms with Crippen molar-refractivity contribution in [3.8, 4) is 0 Å². The van der Waals surface area contributed by atoms with Crippen molar-refractivity contribution < 1.29 is 19.1 Å². The van der Waals surface area contributed by atoms with Crippen LogP contribution in [0, 0.1) is 11.8 Å². The van der Waals surface area contributed by atoms with E-state index in [0.29, 0.717) is 24.3 Å². The predicted molar refractivity (Wildman–Crippen MR) is 84.1 cm³/mol. The van der Waals surface area contributed by atoms with Gasteiger partial charge in [-0.25, -0.2) is 0 Å². The topological polar surface area (TPSA) is 63.7 Å². The van der Waals surface area contributed by atoms with Crippen molar-refractivity contribution in [2.75, 3.05) is 13.2 Å². The Morgan fingerprint density at radius 3 is 2.57 bits per heavy atom. The van der Waals surface area contributed by atoms with Gasteiger partial charge in [-0.3, -0.25) is 14.4 Å². The van der Waals surface area contributed by atoms with Gasteiger partial charge in [-0.15, -0.1) is 0 Å². The highest BCUT2D eigenvalue weighted by molar-refractivity contribution is 6.11. The average molecular weight is 315 g/mol. The molecule has 0 atom stereocenters. The smallest absolute Gasteiger partial charge is 0.308 e. The molecule has 0 N–H and O–H groups in total. The molecule has 1 fully saturated rings. The number of carbonyl (C=O) groups excluding carboxylic acids is 3. The van der Waals surface area contributed by atoms with E-state index in [0.717, 1.165) is 24.1 Å². The predicted octanol–water partition coefficient (Wildman–Crippen LogP) is 2.15. The SMILES string of the molecule is CCOC(=O)C1CC(CN2C(=O)C(C)=C3C=CC(=O)C(C)=C32)C1.